The molecule has 1 aliphatic rings. The predicted molar refractivity (Wildman–Crippen MR) is 90.2 cm³/mol. The van der Waals surface area contributed by atoms with E-state index in [9.17, 15) is 0 Å². The van der Waals surface area contributed by atoms with Crippen LogP contribution < -0.4 is 10.1 Å². The summed E-state index contributed by atoms with van der Waals surface area (Å²) in [7, 11) is 0. The Morgan fingerprint density at radius 2 is 2.17 bits per heavy atom. The molecule has 3 aromatic heterocycles. The zero-order valence-electron chi connectivity index (χ0n) is 13.1. The summed E-state index contributed by atoms with van der Waals surface area (Å²) in [5, 5.41) is 3.32. The molecule has 1 aliphatic carbocycles. The molecular weight excluding hydrogens is 330 g/mol. The number of nitrogens with zero attached hydrogens (tertiary/aromatic N) is 3. The van der Waals surface area contributed by atoms with E-state index in [4.69, 9.17) is 20.8 Å². The number of hydrogen-bond donors (Lipinski definition) is 2. The van der Waals surface area contributed by atoms with Crippen LogP contribution in [-0.4, -0.2) is 26.5 Å². The van der Waals surface area contributed by atoms with E-state index in [-0.39, 0.29) is 5.28 Å². The fourth-order valence-electron chi connectivity index (χ4n) is 3.00. The highest BCUT2D eigenvalue weighted by atomic mass is 35.5. The first-order valence-electron chi connectivity index (χ1n) is 8.10. The third-order valence-electron chi connectivity index (χ3n) is 4.24. The van der Waals surface area contributed by atoms with Crippen LogP contribution in [0.1, 0.15) is 31.4 Å². The molecule has 0 atom stereocenters. The third kappa shape index (κ3) is 3.31. The van der Waals surface area contributed by atoms with Crippen LogP contribution in [0.3, 0.4) is 0 Å². The first kappa shape index (κ1) is 15.3. The van der Waals surface area contributed by atoms with Gasteiger partial charge in [-0.2, -0.15) is 15.0 Å². The fourth-order valence-corrected chi connectivity index (χ4v) is 3.17. The van der Waals surface area contributed by atoms with Crippen LogP contribution >= 0.6 is 11.6 Å². The lowest BCUT2D eigenvalue weighted by atomic mass is 10.1. The number of ether oxygens (including phenoxy) is 1. The maximum atomic E-state index is 6.00. The molecule has 0 unspecified atom stereocenters. The Labute approximate surface area is 143 Å². The SMILES string of the molecule is Clc1nc(NCc2ccco2)c2nc(OCC3CCCC3)[nH]c2n1. The highest BCUT2D eigenvalue weighted by molar-refractivity contribution is 6.28. The second kappa shape index (κ2) is 6.68. The van der Waals surface area contributed by atoms with Gasteiger partial charge in [-0.3, -0.25) is 4.98 Å². The van der Waals surface area contributed by atoms with Gasteiger partial charge in [0.25, 0.3) is 6.01 Å². The van der Waals surface area contributed by atoms with Crippen molar-refractivity contribution in [1.29, 1.82) is 0 Å². The van der Waals surface area contributed by atoms with Crippen molar-refractivity contribution in [2.75, 3.05) is 11.9 Å². The molecule has 0 aromatic carbocycles. The van der Waals surface area contributed by atoms with Crippen molar-refractivity contribution in [3.63, 3.8) is 0 Å². The molecule has 4 rings (SSSR count). The number of imidazole rings is 1. The molecule has 0 aliphatic heterocycles. The Bertz CT molecular complexity index is 811. The Morgan fingerprint density at radius 1 is 1.29 bits per heavy atom. The second-order valence-electron chi connectivity index (χ2n) is 5.97. The molecule has 3 aromatic rings. The average molecular weight is 348 g/mol. The minimum absolute atomic E-state index is 0.149. The number of furan rings is 1. The second-order valence-corrected chi connectivity index (χ2v) is 6.31. The van der Waals surface area contributed by atoms with Gasteiger partial charge < -0.3 is 14.5 Å². The molecule has 0 amide bonds. The topological polar surface area (TPSA) is 88.9 Å². The number of anilines is 1. The monoisotopic (exact) mass is 347 g/mol. The first-order valence-corrected chi connectivity index (χ1v) is 8.48. The van der Waals surface area contributed by atoms with Crippen molar-refractivity contribution in [1.82, 2.24) is 19.9 Å². The number of nitrogens with one attached hydrogen (secondary N) is 2. The Balaban J connectivity index is 1.52. The smallest absolute Gasteiger partial charge is 0.295 e. The summed E-state index contributed by atoms with van der Waals surface area (Å²) in [6, 6.07) is 4.17. The number of aromatic nitrogens is 4. The van der Waals surface area contributed by atoms with Crippen molar-refractivity contribution in [3.8, 4) is 6.01 Å². The molecule has 0 bridgehead atoms. The lowest BCUT2D eigenvalue weighted by Gasteiger charge is -2.08. The van der Waals surface area contributed by atoms with Gasteiger partial charge in [-0.25, -0.2) is 0 Å². The average Bonchev–Trinajstić information content (AvgIpc) is 3.31. The van der Waals surface area contributed by atoms with E-state index in [1.807, 2.05) is 12.1 Å². The van der Waals surface area contributed by atoms with Crippen LogP contribution in [-0.2, 0) is 6.54 Å². The molecule has 0 spiro atoms. The summed E-state index contributed by atoms with van der Waals surface area (Å²) in [4.78, 5) is 15.9. The van der Waals surface area contributed by atoms with Crippen LogP contribution in [0.25, 0.3) is 11.2 Å². The third-order valence-corrected chi connectivity index (χ3v) is 4.41. The molecule has 126 valence electrons. The maximum Gasteiger partial charge on any atom is 0.295 e. The van der Waals surface area contributed by atoms with E-state index in [1.54, 1.807) is 6.26 Å². The molecule has 1 fully saturated rings. The first-order chi connectivity index (χ1) is 11.8. The minimum Gasteiger partial charge on any atom is -0.467 e. The van der Waals surface area contributed by atoms with Gasteiger partial charge in [0.05, 0.1) is 19.4 Å². The van der Waals surface area contributed by atoms with Crippen LogP contribution in [0.4, 0.5) is 5.82 Å². The lowest BCUT2D eigenvalue weighted by Crippen LogP contribution is -2.08. The minimum atomic E-state index is 0.149. The van der Waals surface area contributed by atoms with E-state index < -0.39 is 0 Å². The van der Waals surface area contributed by atoms with E-state index in [0.29, 0.717) is 42.1 Å². The standard InChI is InChI=1S/C16H18ClN5O2/c17-15-20-13(18-8-11-6-3-7-23-11)12-14(21-15)22-16(19-12)24-9-10-4-1-2-5-10/h3,6-7,10H,1-2,4-5,8-9H2,(H2,18,19,20,21,22). The predicted octanol–water partition coefficient (Wildman–Crippen LogP) is 3.78. The van der Waals surface area contributed by atoms with Crippen LogP contribution in [0.15, 0.2) is 22.8 Å². The summed E-state index contributed by atoms with van der Waals surface area (Å²) in [5.41, 5.74) is 1.16. The van der Waals surface area contributed by atoms with Gasteiger partial charge in [0, 0.05) is 0 Å². The van der Waals surface area contributed by atoms with E-state index >= 15 is 0 Å². The quantitative estimate of drug-likeness (QED) is 0.659. The van der Waals surface area contributed by atoms with Gasteiger partial charge in [-0.15, -0.1) is 0 Å². The van der Waals surface area contributed by atoms with E-state index in [2.05, 4.69) is 25.3 Å². The van der Waals surface area contributed by atoms with Crippen molar-refractivity contribution < 1.29 is 9.15 Å². The normalized spacial score (nSPS) is 15.2. The molecule has 0 saturated heterocycles. The molecule has 0 radical (unpaired) electrons. The Kier molecular flexibility index (Phi) is 4.25. The van der Waals surface area contributed by atoms with Crippen molar-refractivity contribution in [2.24, 2.45) is 5.92 Å². The van der Waals surface area contributed by atoms with Crippen molar-refractivity contribution >= 4 is 28.6 Å². The molecule has 1 saturated carbocycles. The van der Waals surface area contributed by atoms with Gasteiger partial charge in [0.15, 0.2) is 17.0 Å². The number of fused-ring (bicyclic) bond motifs is 1. The molecular formula is C16H18ClN5O2. The largest absolute Gasteiger partial charge is 0.467 e. The molecule has 7 nitrogen and oxygen atoms in total. The summed E-state index contributed by atoms with van der Waals surface area (Å²) in [6.07, 6.45) is 6.65. The van der Waals surface area contributed by atoms with Gasteiger partial charge >= 0.3 is 0 Å². The Hall–Kier alpha value is -2.28. The fraction of sp³-hybridized carbons (Fsp3) is 0.438. The number of halogens is 1. The molecule has 24 heavy (non-hydrogen) atoms. The summed E-state index contributed by atoms with van der Waals surface area (Å²) in [6.45, 7) is 1.16. The number of rotatable bonds is 6. The van der Waals surface area contributed by atoms with Crippen LogP contribution in [0, 0.1) is 5.92 Å². The highest BCUT2D eigenvalue weighted by Crippen LogP contribution is 2.27. The van der Waals surface area contributed by atoms with Gasteiger partial charge in [0.2, 0.25) is 5.28 Å². The summed E-state index contributed by atoms with van der Waals surface area (Å²) < 4.78 is 11.1. The van der Waals surface area contributed by atoms with E-state index in [0.717, 1.165) is 5.76 Å². The molecule has 2 N–H and O–H groups in total. The lowest BCUT2D eigenvalue weighted by molar-refractivity contribution is 0.237. The zero-order valence-corrected chi connectivity index (χ0v) is 13.8. The van der Waals surface area contributed by atoms with E-state index in [1.165, 1.54) is 25.7 Å². The summed E-state index contributed by atoms with van der Waals surface area (Å²) >= 11 is 6.00. The number of hydrogen-bond acceptors (Lipinski definition) is 6. The van der Waals surface area contributed by atoms with Crippen LogP contribution in [0.5, 0.6) is 6.01 Å². The molecule has 8 heteroatoms. The summed E-state index contributed by atoms with van der Waals surface area (Å²) in [5.74, 6) is 1.96. The highest BCUT2D eigenvalue weighted by Gasteiger charge is 2.18. The maximum absolute atomic E-state index is 6.00. The van der Waals surface area contributed by atoms with Crippen molar-refractivity contribution in [3.05, 3.63) is 29.4 Å². The van der Waals surface area contributed by atoms with Crippen molar-refractivity contribution in [2.45, 2.75) is 32.2 Å². The molecule has 3 heterocycles. The Morgan fingerprint density at radius 3 is 2.96 bits per heavy atom. The zero-order chi connectivity index (χ0) is 16.4. The van der Waals surface area contributed by atoms with Gasteiger partial charge in [-0.05, 0) is 42.5 Å². The van der Waals surface area contributed by atoms with Gasteiger partial charge in [-0.1, -0.05) is 12.8 Å². The number of H-pyrrole nitrogens is 1. The number of aromatic amines is 1. The van der Waals surface area contributed by atoms with Gasteiger partial charge in [0.1, 0.15) is 5.76 Å². The van der Waals surface area contributed by atoms with Crippen LogP contribution in [0.2, 0.25) is 5.28 Å².